The van der Waals surface area contributed by atoms with Gasteiger partial charge in [-0.2, -0.15) is 9.78 Å². The van der Waals surface area contributed by atoms with Gasteiger partial charge in [-0.25, -0.2) is 9.37 Å². The van der Waals surface area contributed by atoms with Crippen LogP contribution in [0.2, 0.25) is 0 Å². The summed E-state index contributed by atoms with van der Waals surface area (Å²) in [5.41, 5.74) is -0.383. The number of fused-ring (bicyclic) bond motifs is 1. The highest BCUT2D eigenvalue weighted by molar-refractivity contribution is 9.10. The molecule has 1 N–H and O–H groups in total. The second-order valence-electron chi connectivity index (χ2n) is 9.88. The largest absolute Gasteiger partial charge is 0.493 e. The predicted octanol–water partition coefficient (Wildman–Crippen LogP) is 5.41. The third kappa shape index (κ3) is 6.74. The Labute approximate surface area is 241 Å². The number of aromatic nitrogens is 2. The highest BCUT2D eigenvalue weighted by atomic mass is 79.9. The van der Waals surface area contributed by atoms with Gasteiger partial charge in [0.15, 0.2) is 12.4 Å². The third-order valence-electron chi connectivity index (χ3n) is 5.75. The van der Waals surface area contributed by atoms with Gasteiger partial charge in [0, 0.05) is 27.2 Å². The minimum Gasteiger partial charge on any atom is -0.493 e. The van der Waals surface area contributed by atoms with Crippen molar-refractivity contribution in [3.8, 4) is 11.5 Å². The summed E-state index contributed by atoms with van der Waals surface area (Å²) < 4.78 is 25.8. The van der Waals surface area contributed by atoms with E-state index in [-0.39, 0.29) is 17.1 Å². The predicted molar refractivity (Wildman–Crippen MR) is 156 cm³/mol. The molecule has 212 valence electrons. The molecule has 0 saturated heterocycles. The topological polar surface area (TPSA) is 138 Å². The van der Waals surface area contributed by atoms with Crippen LogP contribution in [-0.4, -0.2) is 40.4 Å². The van der Waals surface area contributed by atoms with Crippen LogP contribution in [0.15, 0.2) is 69.0 Å². The lowest BCUT2D eigenvalue weighted by Crippen LogP contribution is -2.29. The lowest BCUT2D eigenvalue weighted by Gasteiger charge is -2.20. The van der Waals surface area contributed by atoms with Gasteiger partial charge >= 0.3 is 5.69 Å². The molecule has 0 fully saturated rings. The van der Waals surface area contributed by atoms with Gasteiger partial charge in [0.2, 0.25) is 5.75 Å². The van der Waals surface area contributed by atoms with Crippen molar-refractivity contribution < 1.29 is 23.6 Å². The number of amides is 1. The maximum Gasteiger partial charge on any atom is 0.315 e. The lowest BCUT2D eigenvalue weighted by molar-refractivity contribution is -0.385. The van der Waals surface area contributed by atoms with Gasteiger partial charge in [-0.1, -0.05) is 36.7 Å². The van der Waals surface area contributed by atoms with E-state index in [1.54, 1.807) is 18.2 Å². The molecule has 4 aromatic rings. The van der Waals surface area contributed by atoms with Crippen LogP contribution >= 0.6 is 15.9 Å². The molecule has 0 bridgehead atoms. The summed E-state index contributed by atoms with van der Waals surface area (Å²) in [6.07, 6.45) is 1.28. The minimum absolute atomic E-state index is 0.0285. The summed E-state index contributed by atoms with van der Waals surface area (Å²) in [5, 5.41) is 19.1. The van der Waals surface area contributed by atoms with Gasteiger partial charge in [0.1, 0.15) is 11.6 Å². The molecule has 0 spiro atoms. The van der Waals surface area contributed by atoms with Crippen molar-refractivity contribution >= 4 is 50.3 Å². The van der Waals surface area contributed by atoms with Crippen LogP contribution in [0.4, 0.5) is 15.8 Å². The molecule has 3 aromatic carbocycles. The monoisotopic (exact) mass is 625 g/mol. The summed E-state index contributed by atoms with van der Waals surface area (Å²) in [6.45, 7) is 5.08. The Bertz CT molecular complexity index is 1730. The van der Waals surface area contributed by atoms with E-state index in [0.29, 0.717) is 26.9 Å². The minimum atomic E-state index is -0.686. The number of benzene rings is 3. The summed E-state index contributed by atoms with van der Waals surface area (Å²) in [6, 6.07) is 12.9. The first-order valence-electron chi connectivity index (χ1n) is 12.2. The standard InChI is InChI=1S/C28H25BrFN5O6/c1-28(2,3)27-33-21-10-5-17(29)13-20(21)26(37)34(27)31-14-16-11-22(35(38)39)25(23(12-16)40-4)41-15-24(36)32-19-8-6-18(30)7-9-19/h5-14H,15H2,1-4H3,(H,32,36). The first kappa shape index (κ1) is 29.3. The Morgan fingerprint density at radius 2 is 1.90 bits per heavy atom. The number of methoxy groups -OCH3 is 1. The Balaban J connectivity index is 1.68. The van der Waals surface area contributed by atoms with E-state index in [1.165, 1.54) is 49.7 Å². The number of carbonyl (C=O) groups excluding carboxylic acids is 1. The Morgan fingerprint density at radius 1 is 1.20 bits per heavy atom. The number of rotatable bonds is 8. The molecule has 4 rings (SSSR count). The van der Waals surface area contributed by atoms with E-state index < -0.39 is 39.9 Å². The van der Waals surface area contributed by atoms with E-state index in [2.05, 4.69) is 31.3 Å². The van der Waals surface area contributed by atoms with Crippen LogP contribution in [0.1, 0.15) is 32.2 Å². The number of nitro groups is 1. The molecule has 41 heavy (non-hydrogen) atoms. The maximum absolute atomic E-state index is 13.4. The number of nitrogens with one attached hydrogen (secondary N) is 1. The molecular weight excluding hydrogens is 601 g/mol. The molecule has 0 aliphatic heterocycles. The zero-order chi connectivity index (χ0) is 29.9. The van der Waals surface area contributed by atoms with E-state index in [0.717, 1.165) is 4.68 Å². The number of nitrogens with zero attached hydrogens (tertiary/aromatic N) is 4. The van der Waals surface area contributed by atoms with Crippen LogP contribution in [0.25, 0.3) is 10.9 Å². The highest BCUT2D eigenvalue weighted by Crippen LogP contribution is 2.38. The maximum atomic E-state index is 13.4. The Kier molecular flexibility index (Phi) is 8.47. The van der Waals surface area contributed by atoms with Crippen molar-refractivity contribution in [1.29, 1.82) is 0 Å². The van der Waals surface area contributed by atoms with E-state index in [9.17, 15) is 24.1 Å². The smallest absolute Gasteiger partial charge is 0.315 e. The fourth-order valence-electron chi connectivity index (χ4n) is 3.85. The van der Waals surface area contributed by atoms with Gasteiger partial charge in [-0.3, -0.25) is 19.7 Å². The molecule has 11 nitrogen and oxygen atoms in total. The molecule has 1 amide bonds. The highest BCUT2D eigenvalue weighted by Gasteiger charge is 2.25. The van der Waals surface area contributed by atoms with Gasteiger partial charge < -0.3 is 14.8 Å². The number of anilines is 1. The van der Waals surface area contributed by atoms with Crippen LogP contribution in [-0.2, 0) is 10.2 Å². The van der Waals surface area contributed by atoms with Crippen molar-refractivity contribution in [3.63, 3.8) is 0 Å². The van der Waals surface area contributed by atoms with Crippen LogP contribution in [0, 0.1) is 15.9 Å². The second-order valence-corrected chi connectivity index (χ2v) is 10.8. The van der Waals surface area contributed by atoms with Gasteiger partial charge in [-0.15, -0.1) is 0 Å². The summed E-state index contributed by atoms with van der Waals surface area (Å²) >= 11 is 3.37. The zero-order valence-corrected chi connectivity index (χ0v) is 24.1. The van der Waals surface area contributed by atoms with Crippen molar-refractivity contribution in [1.82, 2.24) is 9.66 Å². The van der Waals surface area contributed by atoms with Crippen LogP contribution in [0.3, 0.4) is 0 Å². The van der Waals surface area contributed by atoms with E-state index in [1.807, 2.05) is 20.8 Å². The fourth-order valence-corrected chi connectivity index (χ4v) is 4.21. The SMILES string of the molecule is COc1cc(C=Nn2c(C(C)(C)C)nc3ccc(Br)cc3c2=O)cc([N+](=O)[O-])c1OCC(=O)Nc1ccc(F)cc1. The zero-order valence-electron chi connectivity index (χ0n) is 22.5. The summed E-state index contributed by atoms with van der Waals surface area (Å²) in [7, 11) is 1.29. The molecule has 0 saturated carbocycles. The average molecular weight is 626 g/mol. The molecule has 13 heteroatoms. The third-order valence-corrected chi connectivity index (χ3v) is 6.24. The quantitative estimate of drug-likeness (QED) is 0.157. The van der Waals surface area contributed by atoms with Gasteiger partial charge in [0.25, 0.3) is 11.5 Å². The molecule has 0 aliphatic rings. The molecule has 0 unspecified atom stereocenters. The van der Waals surface area contributed by atoms with Gasteiger partial charge in [-0.05, 0) is 48.5 Å². The van der Waals surface area contributed by atoms with Crippen molar-refractivity contribution in [3.05, 3.63) is 96.7 Å². The summed E-state index contributed by atoms with van der Waals surface area (Å²) in [4.78, 5) is 41.6. The van der Waals surface area contributed by atoms with Crippen molar-refractivity contribution in [2.75, 3.05) is 19.0 Å². The van der Waals surface area contributed by atoms with Gasteiger partial charge in [0.05, 0.1) is 29.2 Å². The Hall–Kier alpha value is -4.65. The number of ether oxygens (including phenoxy) is 2. The lowest BCUT2D eigenvalue weighted by atomic mass is 9.95. The number of halogens is 2. The number of nitro benzene ring substituents is 1. The number of carbonyl (C=O) groups is 1. The molecule has 0 radical (unpaired) electrons. The van der Waals surface area contributed by atoms with E-state index in [4.69, 9.17) is 9.47 Å². The molecule has 0 aliphatic carbocycles. The van der Waals surface area contributed by atoms with E-state index >= 15 is 0 Å². The first-order chi connectivity index (χ1) is 19.4. The number of hydrogen-bond donors (Lipinski definition) is 1. The van der Waals surface area contributed by atoms with Crippen molar-refractivity contribution in [2.24, 2.45) is 5.10 Å². The molecule has 0 atom stereocenters. The average Bonchev–Trinajstić information content (AvgIpc) is 2.92. The van der Waals surface area contributed by atoms with Crippen LogP contribution < -0.4 is 20.3 Å². The number of hydrogen-bond acceptors (Lipinski definition) is 8. The van der Waals surface area contributed by atoms with Crippen LogP contribution in [0.5, 0.6) is 11.5 Å². The Morgan fingerprint density at radius 3 is 2.54 bits per heavy atom. The molecular formula is C28H25BrFN5O6. The van der Waals surface area contributed by atoms with Crippen molar-refractivity contribution in [2.45, 2.75) is 26.2 Å². The molecule has 1 aromatic heterocycles. The first-order valence-corrected chi connectivity index (χ1v) is 13.0. The second kappa shape index (κ2) is 11.8. The normalized spacial score (nSPS) is 11.6. The summed E-state index contributed by atoms with van der Waals surface area (Å²) in [5.74, 6) is -0.995. The fraction of sp³-hybridized carbons (Fsp3) is 0.214. The molecule has 1 heterocycles.